The molecule has 0 spiro atoms. The molecule has 29 heavy (non-hydrogen) atoms. The number of ether oxygens (including phenoxy) is 1. The molecule has 1 aliphatic carbocycles. The number of rotatable bonds is 7. The van der Waals surface area contributed by atoms with Crippen molar-refractivity contribution in [1.29, 1.82) is 0 Å². The van der Waals surface area contributed by atoms with Gasteiger partial charge in [-0.2, -0.15) is 0 Å². The van der Waals surface area contributed by atoms with Gasteiger partial charge in [-0.05, 0) is 56.5 Å². The highest BCUT2D eigenvalue weighted by molar-refractivity contribution is 8.00. The number of hydrogen-bond acceptors (Lipinski definition) is 6. The predicted molar refractivity (Wildman–Crippen MR) is 113 cm³/mol. The number of carbonyl (C=O) groups is 1. The largest absolute Gasteiger partial charge is 0.495 e. The number of benzene rings is 1. The maximum atomic E-state index is 12.8. The van der Waals surface area contributed by atoms with Gasteiger partial charge in [0.25, 0.3) is 0 Å². The Morgan fingerprint density at radius 2 is 2.00 bits per heavy atom. The first-order chi connectivity index (χ1) is 14.1. The van der Waals surface area contributed by atoms with Gasteiger partial charge in [-0.3, -0.25) is 14.3 Å². The van der Waals surface area contributed by atoms with Crippen LogP contribution in [0.25, 0.3) is 11.4 Å². The number of hydrogen-bond donors (Lipinski definition) is 1. The molecule has 1 fully saturated rings. The normalized spacial score (nSPS) is 14.4. The number of aromatic nitrogens is 4. The van der Waals surface area contributed by atoms with Gasteiger partial charge in [-0.1, -0.05) is 17.8 Å². The van der Waals surface area contributed by atoms with Crippen LogP contribution in [0.3, 0.4) is 0 Å². The number of methoxy groups -OCH3 is 1. The van der Waals surface area contributed by atoms with E-state index in [1.54, 1.807) is 19.5 Å². The summed E-state index contributed by atoms with van der Waals surface area (Å²) in [6.45, 7) is 3.85. The zero-order chi connectivity index (χ0) is 20.4. The lowest BCUT2D eigenvalue weighted by Crippen LogP contribution is -2.23. The number of thioether (sulfide) groups is 1. The van der Waals surface area contributed by atoms with E-state index < -0.39 is 0 Å². The summed E-state index contributed by atoms with van der Waals surface area (Å²) >= 11 is 1.42. The molecule has 0 unspecified atom stereocenters. The molecule has 7 nitrogen and oxygen atoms in total. The second-order valence-corrected chi connectivity index (χ2v) is 8.40. The number of amides is 1. The van der Waals surface area contributed by atoms with Crippen LogP contribution in [0.2, 0.25) is 0 Å². The van der Waals surface area contributed by atoms with Crippen molar-refractivity contribution >= 4 is 23.4 Å². The van der Waals surface area contributed by atoms with Crippen LogP contribution in [-0.2, 0) is 4.79 Å². The fourth-order valence-electron chi connectivity index (χ4n) is 3.08. The minimum Gasteiger partial charge on any atom is -0.495 e. The van der Waals surface area contributed by atoms with E-state index in [0.717, 1.165) is 34.9 Å². The molecule has 1 aliphatic rings. The Morgan fingerprint density at radius 1 is 1.24 bits per heavy atom. The Balaban J connectivity index is 1.53. The lowest BCUT2D eigenvalue weighted by Gasteiger charge is -2.15. The SMILES string of the molecule is COc1ccc(C)cc1NC(=O)[C@@H](C)Sc1nnc(-c2ccncc2)n1C1CC1. The molecule has 1 saturated carbocycles. The van der Waals surface area contributed by atoms with E-state index in [9.17, 15) is 4.79 Å². The van der Waals surface area contributed by atoms with Crippen LogP contribution in [0.4, 0.5) is 5.69 Å². The molecule has 8 heteroatoms. The molecule has 0 radical (unpaired) electrons. The van der Waals surface area contributed by atoms with E-state index >= 15 is 0 Å². The summed E-state index contributed by atoms with van der Waals surface area (Å²) in [5.74, 6) is 1.36. The molecule has 1 aromatic carbocycles. The summed E-state index contributed by atoms with van der Waals surface area (Å²) in [6.07, 6.45) is 5.70. The second kappa shape index (κ2) is 8.24. The number of nitrogens with one attached hydrogen (secondary N) is 1. The third-order valence-corrected chi connectivity index (χ3v) is 5.84. The van der Waals surface area contributed by atoms with Crippen molar-refractivity contribution in [3.63, 3.8) is 0 Å². The monoisotopic (exact) mass is 409 g/mol. The van der Waals surface area contributed by atoms with Crippen LogP contribution < -0.4 is 10.1 Å². The van der Waals surface area contributed by atoms with E-state index in [2.05, 4.69) is 25.1 Å². The number of nitrogens with zero attached hydrogens (tertiary/aromatic N) is 4. The molecule has 2 heterocycles. The van der Waals surface area contributed by atoms with Gasteiger partial charge in [-0.15, -0.1) is 10.2 Å². The van der Waals surface area contributed by atoms with Gasteiger partial charge in [0.15, 0.2) is 11.0 Å². The molecule has 4 rings (SSSR count). The zero-order valence-electron chi connectivity index (χ0n) is 16.6. The summed E-state index contributed by atoms with van der Waals surface area (Å²) in [4.78, 5) is 16.9. The minimum absolute atomic E-state index is 0.102. The maximum absolute atomic E-state index is 12.8. The lowest BCUT2D eigenvalue weighted by molar-refractivity contribution is -0.115. The Labute approximate surface area is 173 Å². The molecule has 1 amide bonds. The van der Waals surface area contributed by atoms with E-state index in [1.165, 1.54) is 11.8 Å². The molecule has 0 saturated heterocycles. The van der Waals surface area contributed by atoms with Crippen molar-refractivity contribution in [2.75, 3.05) is 12.4 Å². The lowest BCUT2D eigenvalue weighted by atomic mass is 10.2. The molecule has 0 bridgehead atoms. The highest BCUT2D eigenvalue weighted by Gasteiger charge is 2.31. The van der Waals surface area contributed by atoms with E-state index in [0.29, 0.717) is 17.5 Å². The molecule has 1 N–H and O–H groups in total. The summed E-state index contributed by atoms with van der Waals surface area (Å²) in [6, 6.07) is 9.96. The van der Waals surface area contributed by atoms with Crippen LogP contribution in [0.1, 0.15) is 31.4 Å². The first-order valence-corrected chi connectivity index (χ1v) is 10.4. The third-order valence-electron chi connectivity index (χ3n) is 4.78. The Hall–Kier alpha value is -2.87. The number of aryl methyl sites for hydroxylation is 1. The summed E-state index contributed by atoms with van der Waals surface area (Å²) in [7, 11) is 1.59. The highest BCUT2D eigenvalue weighted by atomic mass is 32.2. The maximum Gasteiger partial charge on any atom is 0.237 e. The molecule has 2 aromatic heterocycles. The fourth-order valence-corrected chi connectivity index (χ4v) is 4.00. The molecule has 0 aliphatic heterocycles. The van der Waals surface area contributed by atoms with Crippen LogP contribution in [0.5, 0.6) is 5.75 Å². The zero-order valence-corrected chi connectivity index (χ0v) is 17.4. The van der Waals surface area contributed by atoms with Gasteiger partial charge in [-0.25, -0.2) is 0 Å². The molecule has 1 atom stereocenters. The van der Waals surface area contributed by atoms with Crippen molar-refractivity contribution in [3.05, 3.63) is 48.3 Å². The Bertz CT molecular complexity index is 1020. The highest BCUT2D eigenvalue weighted by Crippen LogP contribution is 2.41. The average Bonchev–Trinajstić information content (AvgIpc) is 3.48. The van der Waals surface area contributed by atoms with Crippen molar-refractivity contribution in [3.8, 4) is 17.1 Å². The minimum atomic E-state index is -0.341. The van der Waals surface area contributed by atoms with Crippen LogP contribution >= 0.6 is 11.8 Å². The quantitative estimate of drug-likeness (QED) is 0.592. The van der Waals surface area contributed by atoms with E-state index in [1.807, 2.05) is 44.2 Å². The molecular weight excluding hydrogens is 386 g/mol. The van der Waals surface area contributed by atoms with E-state index in [4.69, 9.17) is 4.74 Å². The van der Waals surface area contributed by atoms with Gasteiger partial charge >= 0.3 is 0 Å². The second-order valence-electron chi connectivity index (χ2n) is 7.10. The Kier molecular flexibility index (Phi) is 5.53. The van der Waals surface area contributed by atoms with Crippen LogP contribution in [0.15, 0.2) is 47.9 Å². The van der Waals surface area contributed by atoms with Crippen molar-refractivity contribution in [2.24, 2.45) is 0 Å². The molecule has 3 aromatic rings. The van der Waals surface area contributed by atoms with Crippen molar-refractivity contribution in [1.82, 2.24) is 19.7 Å². The summed E-state index contributed by atoms with van der Waals surface area (Å²) < 4.78 is 7.51. The fraction of sp³-hybridized carbons (Fsp3) is 0.333. The van der Waals surface area contributed by atoms with Crippen molar-refractivity contribution in [2.45, 2.75) is 43.1 Å². The topological polar surface area (TPSA) is 81.9 Å². The predicted octanol–water partition coefficient (Wildman–Crippen LogP) is 4.11. The standard InChI is InChI=1S/C21H23N5O2S/c1-13-4-7-18(28-3)17(12-13)23-20(27)14(2)29-21-25-24-19(26(21)16-5-6-16)15-8-10-22-11-9-15/h4,7-12,14,16H,5-6H2,1-3H3,(H,23,27)/t14-/m1/s1. The first-order valence-electron chi connectivity index (χ1n) is 9.54. The number of pyridine rings is 1. The summed E-state index contributed by atoms with van der Waals surface area (Å²) in [5, 5.41) is 12.2. The van der Waals surface area contributed by atoms with Crippen LogP contribution in [-0.4, -0.2) is 38.0 Å². The van der Waals surface area contributed by atoms with E-state index in [-0.39, 0.29) is 11.2 Å². The molecule has 150 valence electrons. The van der Waals surface area contributed by atoms with Gasteiger partial charge in [0, 0.05) is 24.0 Å². The number of carbonyl (C=O) groups excluding carboxylic acids is 1. The van der Waals surface area contributed by atoms with Gasteiger partial charge < -0.3 is 10.1 Å². The Morgan fingerprint density at radius 3 is 2.69 bits per heavy atom. The first kappa shape index (κ1) is 19.4. The third kappa shape index (κ3) is 4.27. The van der Waals surface area contributed by atoms with Crippen molar-refractivity contribution < 1.29 is 9.53 Å². The summed E-state index contributed by atoms with van der Waals surface area (Å²) in [5.41, 5.74) is 2.70. The smallest absolute Gasteiger partial charge is 0.237 e. The van der Waals surface area contributed by atoms with Crippen LogP contribution in [0, 0.1) is 6.92 Å². The van der Waals surface area contributed by atoms with Gasteiger partial charge in [0.05, 0.1) is 18.0 Å². The molecular formula is C21H23N5O2S. The average molecular weight is 410 g/mol. The van der Waals surface area contributed by atoms with Gasteiger partial charge in [0.1, 0.15) is 5.75 Å². The number of anilines is 1. The van der Waals surface area contributed by atoms with Gasteiger partial charge in [0.2, 0.25) is 5.91 Å².